The molecular formula is C18H15N3O4S. The zero-order valence-corrected chi connectivity index (χ0v) is 14.4. The van der Waals surface area contributed by atoms with Crippen LogP contribution < -0.4 is 10.9 Å². The number of hydrogen-bond acceptors (Lipinski definition) is 5. The molecule has 3 rings (SSSR count). The smallest absolute Gasteiger partial charge is 0.293 e. The topological polar surface area (TPSA) is 99.3 Å². The number of pyridine rings is 1. The van der Waals surface area contributed by atoms with Crippen molar-refractivity contribution in [2.45, 2.75) is 0 Å². The first-order valence-corrected chi connectivity index (χ1v) is 8.64. The lowest BCUT2D eigenvalue weighted by atomic mass is 10.2. The summed E-state index contributed by atoms with van der Waals surface area (Å²) in [5.74, 6) is -0.950. The van der Waals surface area contributed by atoms with E-state index in [1.165, 1.54) is 12.3 Å². The fourth-order valence-electron chi connectivity index (χ4n) is 2.37. The molecule has 0 radical (unpaired) electrons. The molecule has 2 aromatic rings. The normalized spacial score (nSPS) is 15.5. The number of thioether (sulfide) groups is 1. The predicted molar refractivity (Wildman–Crippen MR) is 98.5 cm³/mol. The monoisotopic (exact) mass is 369 g/mol. The Hall–Kier alpha value is -3.13. The molecule has 0 aliphatic carbocycles. The lowest BCUT2D eigenvalue weighted by molar-refractivity contribution is -0.122. The number of nitrogens with zero attached hydrogens (tertiary/aromatic N) is 1. The largest absolute Gasteiger partial charge is 0.350 e. The number of benzene rings is 1. The summed E-state index contributed by atoms with van der Waals surface area (Å²) in [4.78, 5) is 51.8. The number of aromatic nitrogens is 1. The van der Waals surface area contributed by atoms with Gasteiger partial charge in [0, 0.05) is 19.3 Å². The number of carbonyl (C=O) groups is 3. The van der Waals surface area contributed by atoms with Crippen LogP contribution >= 0.6 is 11.8 Å². The highest BCUT2D eigenvalue weighted by atomic mass is 32.2. The lowest BCUT2D eigenvalue weighted by Crippen LogP contribution is -2.38. The Morgan fingerprint density at radius 2 is 1.88 bits per heavy atom. The quantitative estimate of drug-likeness (QED) is 0.784. The molecule has 1 fully saturated rings. The molecule has 2 heterocycles. The van der Waals surface area contributed by atoms with Gasteiger partial charge in [-0.2, -0.15) is 0 Å². The second-order valence-electron chi connectivity index (χ2n) is 5.41. The summed E-state index contributed by atoms with van der Waals surface area (Å²) in [7, 11) is 0. The van der Waals surface area contributed by atoms with Gasteiger partial charge in [0.2, 0.25) is 0 Å². The van der Waals surface area contributed by atoms with Crippen LogP contribution in [0.5, 0.6) is 0 Å². The first kappa shape index (κ1) is 17.7. The Labute approximate surface area is 153 Å². The molecule has 3 amide bonds. The van der Waals surface area contributed by atoms with Crippen LogP contribution in [0, 0.1) is 0 Å². The van der Waals surface area contributed by atoms with Gasteiger partial charge in [-0.3, -0.25) is 24.1 Å². The van der Waals surface area contributed by atoms with Crippen LogP contribution in [0.25, 0.3) is 6.08 Å². The first-order valence-electron chi connectivity index (χ1n) is 7.82. The van der Waals surface area contributed by atoms with Gasteiger partial charge in [0.05, 0.1) is 4.91 Å². The highest BCUT2D eigenvalue weighted by Crippen LogP contribution is 2.31. The van der Waals surface area contributed by atoms with E-state index >= 15 is 0 Å². The molecular weight excluding hydrogens is 354 g/mol. The third-order valence-corrected chi connectivity index (χ3v) is 4.56. The molecule has 1 aliphatic heterocycles. The maximum absolute atomic E-state index is 12.4. The lowest BCUT2D eigenvalue weighted by Gasteiger charge is -2.12. The second kappa shape index (κ2) is 7.83. The molecule has 0 bridgehead atoms. The number of hydrogen-bond donors (Lipinski definition) is 2. The standard InChI is InChI=1S/C18H15N3O4S/c22-15-13(7-4-8-19-15)16(23)20-9-10-21-17(24)14(26-18(21)25)11-12-5-2-1-3-6-12/h1-8,11H,9-10H2,(H,19,22)(H,20,23). The summed E-state index contributed by atoms with van der Waals surface area (Å²) in [5.41, 5.74) is 0.308. The predicted octanol–water partition coefficient (Wildman–Crippen LogP) is 1.84. The Bertz CT molecular complexity index is 937. The molecule has 8 heteroatoms. The van der Waals surface area contributed by atoms with Crippen molar-refractivity contribution >= 4 is 34.9 Å². The average molecular weight is 369 g/mol. The molecule has 0 unspecified atom stereocenters. The van der Waals surface area contributed by atoms with E-state index in [1.54, 1.807) is 12.1 Å². The maximum atomic E-state index is 12.4. The summed E-state index contributed by atoms with van der Waals surface area (Å²) in [6.07, 6.45) is 3.09. The zero-order valence-electron chi connectivity index (χ0n) is 13.6. The van der Waals surface area contributed by atoms with Gasteiger partial charge >= 0.3 is 0 Å². The SMILES string of the molecule is O=C(NCCN1C(=O)SC(=Cc2ccccc2)C1=O)c1ccc[nH]c1=O. The zero-order chi connectivity index (χ0) is 18.5. The van der Waals surface area contributed by atoms with Crippen LogP contribution in [-0.2, 0) is 4.79 Å². The number of aromatic amines is 1. The molecule has 132 valence electrons. The number of amides is 3. The fraction of sp³-hybridized carbons (Fsp3) is 0.111. The molecule has 2 N–H and O–H groups in total. The minimum atomic E-state index is -0.557. The number of rotatable bonds is 5. The van der Waals surface area contributed by atoms with Crippen molar-refractivity contribution < 1.29 is 14.4 Å². The number of H-pyrrole nitrogens is 1. The van der Waals surface area contributed by atoms with E-state index in [9.17, 15) is 19.2 Å². The summed E-state index contributed by atoms with van der Waals surface area (Å²) >= 11 is 0.865. The van der Waals surface area contributed by atoms with E-state index in [0.717, 1.165) is 22.2 Å². The van der Waals surface area contributed by atoms with Crippen molar-refractivity contribution in [1.29, 1.82) is 0 Å². The van der Waals surface area contributed by atoms with Crippen LogP contribution in [0.1, 0.15) is 15.9 Å². The highest BCUT2D eigenvalue weighted by Gasteiger charge is 2.34. The van der Waals surface area contributed by atoms with Gasteiger partial charge in [0.25, 0.3) is 22.6 Å². The van der Waals surface area contributed by atoms with Gasteiger partial charge in [-0.05, 0) is 35.5 Å². The Balaban J connectivity index is 1.60. The van der Waals surface area contributed by atoms with E-state index in [4.69, 9.17) is 0 Å². The highest BCUT2D eigenvalue weighted by molar-refractivity contribution is 8.18. The fourth-order valence-corrected chi connectivity index (χ4v) is 3.24. The van der Waals surface area contributed by atoms with Gasteiger partial charge in [0.15, 0.2) is 0 Å². The maximum Gasteiger partial charge on any atom is 0.293 e. The van der Waals surface area contributed by atoms with Crippen molar-refractivity contribution in [3.8, 4) is 0 Å². The van der Waals surface area contributed by atoms with Crippen LogP contribution in [0.3, 0.4) is 0 Å². The van der Waals surface area contributed by atoms with E-state index in [2.05, 4.69) is 10.3 Å². The van der Waals surface area contributed by atoms with E-state index in [1.807, 2.05) is 30.3 Å². The summed E-state index contributed by atoms with van der Waals surface area (Å²) in [6, 6.07) is 12.2. The summed E-state index contributed by atoms with van der Waals surface area (Å²) in [5, 5.41) is 2.15. The number of carbonyl (C=O) groups excluding carboxylic acids is 3. The van der Waals surface area contributed by atoms with Gasteiger partial charge in [-0.1, -0.05) is 30.3 Å². The Morgan fingerprint density at radius 3 is 2.62 bits per heavy atom. The average Bonchev–Trinajstić information content (AvgIpc) is 2.90. The second-order valence-corrected chi connectivity index (χ2v) is 6.41. The molecule has 26 heavy (non-hydrogen) atoms. The van der Waals surface area contributed by atoms with Crippen LogP contribution in [-0.4, -0.2) is 40.0 Å². The van der Waals surface area contributed by atoms with Crippen molar-refractivity contribution in [1.82, 2.24) is 15.2 Å². The first-order chi connectivity index (χ1) is 12.6. The van der Waals surface area contributed by atoms with Crippen LogP contribution in [0.15, 0.2) is 58.4 Å². The van der Waals surface area contributed by atoms with Crippen LogP contribution in [0.2, 0.25) is 0 Å². The van der Waals surface area contributed by atoms with Gasteiger partial charge in [0.1, 0.15) is 5.56 Å². The number of imide groups is 1. The third kappa shape index (κ3) is 3.92. The molecule has 1 saturated heterocycles. The molecule has 1 aromatic carbocycles. The van der Waals surface area contributed by atoms with Gasteiger partial charge in [-0.25, -0.2) is 0 Å². The van der Waals surface area contributed by atoms with Crippen molar-refractivity contribution in [2.24, 2.45) is 0 Å². The molecule has 1 aliphatic rings. The van der Waals surface area contributed by atoms with E-state index < -0.39 is 17.4 Å². The third-order valence-electron chi connectivity index (χ3n) is 3.65. The van der Waals surface area contributed by atoms with Gasteiger partial charge in [-0.15, -0.1) is 0 Å². The van der Waals surface area contributed by atoms with E-state index in [-0.39, 0.29) is 23.9 Å². The minimum absolute atomic E-state index is 0.0226. The van der Waals surface area contributed by atoms with Crippen LogP contribution in [0.4, 0.5) is 4.79 Å². The summed E-state index contributed by atoms with van der Waals surface area (Å²) < 4.78 is 0. The molecule has 0 atom stereocenters. The Morgan fingerprint density at radius 1 is 1.12 bits per heavy atom. The van der Waals surface area contributed by atoms with E-state index in [0.29, 0.717) is 4.91 Å². The van der Waals surface area contributed by atoms with Crippen molar-refractivity contribution in [3.63, 3.8) is 0 Å². The molecule has 0 saturated carbocycles. The molecule has 0 spiro atoms. The van der Waals surface area contributed by atoms with Crippen molar-refractivity contribution in [2.75, 3.05) is 13.1 Å². The summed E-state index contributed by atoms with van der Waals surface area (Å²) in [6.45, 7) is 0.0943. The molecule has 1 aromatic heterocycles. The van der Waals surface area contributed by atoms with Gasteiger partial charge < -0.3 is 10.3 Å². The molecule has 7 nitrogen and oxygen atoms in total. The minimum Gasteiger partial charge on any atom is -0.350 e. The Kier molecular flexibility index (Phi) is 5.33. The van der Waals surface area contributed by atoms with Crippen molar-refractivity contribution in [3.05, 3.63) is 75.0 Å². The number of nitrogens with one attached hydrogen (secondary N) is 2.